The van der Waals surface area contributed by atoms with Crippen molar-refractivity contribution in [3.8, 4) is 0 Å². The quantitative estimate of drug-likeness (QED) is 0.413. The van der Waals surface area contributed by atoms with Crippen molar-refractivity contribution in [1.29, 1.82) is 0 Å². The first-order chi connectivity index (χ1) is 11.8. The van der Waals surface area contributed by atoms with Gasteiger partial charge in [-0.25, -0.2) is 0 Å². The van der Waals surface area contributed by atoms with E-state index in [0.29, 0.717) is 0 Å². The Morgan fingerprint density at radius 3 is 2.21 bits per heavy atom. The molecule has 1 aliphatic rings. The van der Waals surface area contributed by atoms with Gasteiger partial charge >= 0.3 is 0 Å². The van der Waals surface area contributed by atoms with E-state index in [1.165, 1.54) is 38.3 Å². The summed E-state index contributed by atoms with van der Waals surface area (Å²) in [4.78, 5) is 0. The summed E-state index contributed by atoms with van der Waals surface area (Å²) in [6.07, 6.45) is 9.92. The lowest BCUT2D eigenvalue weighted by atomic mass is 9.92. The van der Waals surface area contributed by atoms with Crippen molar-refractivity contribution >= 4 is 27.1 Å². The van der Waals surface area contributed by atoms with Crippen LogP contribution in [0.4, 0.5) is 0 Å². The van der Waals surface area contributed by atoms with Crippen LogP contribution in [0.3, 0.4) is 0 Å². The van der Waals surface area contributed by atoms with Gasteiger partial charge in [-0.3, -0.25) is 0 Å². The van der Waals surface area contributed by atoms with Gasteiger partial charge in [-0.2, -0.15) is 0 Å². The maximum absolute atomic E-state index is 2.34. The number of allylic oxidation sites excluding steroid dienone is 6. The third-order valence-corrected chi connectivity index (χ3v) is 4.38. The monoisotopic (exact) mass is 312 g/mol. The predicted molar refractivity (Wildman–Crippen MR) is 108 cm³/mol. The Labute approximate surface area is 144 Å². The summed E-state index contributed by atoms with van der Waals surface area (Å²) < 4.78 is 0. The van der Waals surface area contributed by atoms with Crippen molar-refractivity contribution in [2.24, 2.45) is 0 Å². The number of hydrogen-bond acceptors (Lipinski definition) is 0. The summed E-state index contributed by atoms with van der Waals surface area (Å²) in [5, 5.41) is 5.32. The van der Waals surface area contributed by atoms with Crippen molar-refractivity contribution in [2.75, 3.05) is 0 Å². The smallest absolute Gasteiger partial charge is 0.00881 e. The molecule has 0 aromatic heterocycles. The molecule has 0 unspecified atom stereocenters. The van der Waals surface area contributed by atoms with Crippen LogP contribution in [-0.2, 0) is 0 Å². The van der Waals surface area contributed by atoms with E-state index in [9.17, 15) is 0 Å². The highest BCUT2D eigenvalue weighted by Gasteiger charge is 2.09. The molecule has 0 nitrogen and oxygen atoms in total. The maximum atomic E-state index is 2.34. The highest BCUT2D eigenvalue weighted by atomic mass is 14.1. The molecular weight excluding hydrogens is 288 g/mol. The van der Waals surface area contributed by atoms with Gasteiger partial charge in [0.25, 0.3) is 0 Å². The van der Waals surface area contributed by atoms with Gasteiger partial charge in [0.2, 0.25) is 0 Å². The van der Waals surface area contributed by atoms with E-state index >= 15 is 0 Å². The molecule has 0 N–H and O–H groups in total. The number of rotatable bonds is 1. The Morgan fingerprint density at radius 2 is 1.42 bits per heavy atom. The van der Waals surface area contributed by atoms with Gasteiger partial charge in [0.05, 0.1) is 0 Å². The Hall–Kier alpha value is -2.60. The van der Waals surface area contributed by atoms with E-state index in [1.54, 1.807) is 0 Å². The fourth-order valence-electron chi connectivity index (χ4n) is 3.25. The zero-order valence-corrected chi connectivity index (χ0v) is 14.7. The minimum Gasteiger partial charge on any atom is -0.0798 e. The molecule has 0 heteroatoms. The van der Waals surface area contributed by atoms with Crippen LogP contribution in [0, 0.1) is 0 Å². The third-order valence-electron chi connectivity index (χ3n) is 4.38. The molecule has 0 fully saturated rings. The Morgan fingerprint density at radius 1 is 0.750 bits per heavy atom. The van der Waals surface area contributed by atoms with Crippen molar-refractivity contribution in [3.05, 3.63) is 90.0 Å². The number of benzene rings is 3. The second-order valence-electron chi connectivity index (χ2n) is 5.90. The second kappa shape index (κ2) is 7.31. The van der Waals surface area contributed by atoms with E-state index in [0.717, 1.165) is 6.42 Å². The van der Waals surface area contributed by atoms with E-state index in [1.807, 2.05) is 13.8 Å². The second-order valence-corrected chi connectivity index (χ2v) is 5.90. The van der Waals surface area contributed by atoms with Crippen LogP contribution in [0.1, 0.15) is 32.8 Å². The Bertz CT molecular complexity index is 952. The zero-order chi connectivity index (χ0) is 16.9. The lowest BCUT2D eigenvalue weighted by Gasteiger charge is -2.12. The molecule has 24 heavy (non-hydrogen) atoms. The molecule has 0 spiro atoms. The van der Waals surface area contributed by atoms with Gasteiger partial charge in [-0.1, -0.05) is 92.3 Å². The molecule has 4 rings (SSSR count). The van der Waals surface area contributed by atoms with Gasteiger partial charge in [-0.05, 0) is 52.1 Å². The largest absolute Gasteiger partial charge is 0.0798 e. The highest BCUT2D eigenvalue weighted by Crippen LogP contribution is 2.34. The average Bonchev–Trinajstić information content (AvgIpc) is 2.87. The van der Waals surface area contributed by atoms with E-state index in [4.69, 9.17) is 0 Å². The van der Waals surface area contributed by atoms with Gasteiger partial charge in [0.15, 0.2) is 0 Å². The molecule has 1 aliphatic carbocycles. The lowest BCUT2D eigenvalue weighted by molar-refractivity contribution is 1.40. The van der Waals surface area contributed by atoms with Crippen molar-refractivity contribution in [1.82, 2.24) is 0 Å². The van der Waals surface area contributed by atoms with Crippen molar-refractivity contribution < 1.29 is 0 Å². The van der Waals surface area contributed by atoms with Crippen LogP contribution in [-0.4, -0.2) is 0 Å². The maximum Gasteiger partial charge on any atom is -0.00881 e. The Kier molecular flexibility index (Phi) is 4.96. The fourth-order valence-corrected chi connectivity index (χ4v) is 3.25. The third kappa shape index (κ3) is 3.05. The molecule has 0 atom stereocenters. The van der Waals surface area contributed by atoms with E-state index in [-0.39, 0.29) is 0 Å². The van der Waals surface area contributed by atoms with Crippen LogP contribution >= 0.6 is 0 Å². The molecule has 0 aliphatic heterocycles. The molecule has 0 heterocycles. The average molecular weight is 312 g/mol. The first-order valence-electron chi connectivity index (χ1n) is 8.78. The molecule has 120 valence electrons. The first-order valence-corrected chi connectivity index (χ1v) is 8.78. The molecule has 0 radical (unpaired) electrons. The number of hydrogen-bond donors (Lipinski definition) is 0. The molecule has 3 aromatic carbocycles. The number of fused-ring (bicyclic) bond motifs is 3. The normalized spacial score (nSPS) is 13.8. The molecule has 0 amide bonds. The molecule has 0 bridgehead atoms. The van der Waals surface area contributed by atoms with Gasteiger partial charge in [-0.15, -0.1) is 0 Å². The van der Waals surface area contributed by atoms with Crippen LogP contribution < -0.4 is 0 Å². The summed E-state index contributed by atoms with van der Waals surface area (Å²) in [6, 6.07) is 19.7. The zero-order valence-electron chi connectivity index (χ0n) is 14.7. The van der Waals surface area contributed by atoms with Crippen LogP contribution in [0.25, 0.3) is 27.1 Å². The van der Waals surface area contributed by atoms with Gasteiger partial charge < -0.3 is 0 Å². The molecule has 0 saturated heterocycles. The fraction of sp³-hybridized carbons (Fsp3) is 0.167. The van der Waals surface area contributed by atoms with Crippen LogP contribution in [0.15, 0.2) is 84.5 Å². The molecular formula is C24H24. The summed E-state index contributed by atoms with van der Waals surface area (Å²) >= 11 is 0. The predicted octanol–water partition coefficient (Wildman–Crippen LogP) is 7.31. The molecule has 3 aromatic rings. The van der Waals surface area contributed by atoms with Crippen LogP contribution in [0.2, 0.25) is 0 Å². The first kappa shape index (κ1) is 16.3. The SMILES string of the molecule is CC.CC1=CC=C(c2cc3ccccc3c3ccccc23)CC=C1. The summed E-state index contributed by atoms with van der Waals surface area (Å²) in [5.41, 5.74) is 4.04. The summed E-state index contributed by atoms with van der Waals surface area (Å²) in [5.74, 6) is 0. The minimum absolute atomic E-state index is 0.982. The summed E-state index contributed by atoms with van der Waals surface area (Å²) in [7, 11) is 0. The molecule has 0 saturated carbocycles. The Balaban J connectivity index is 0.000000815. The standard InChI is InChI=1S/C22H18.C2H6/c1-16-7-6-9-17(14-13-16)22-15-18-8-2-3-10-19(18)20-11-4-5-12-21(20)22;1-2/h2-8,10-15H,9H2,1H3;1-2H3. The van der Waals surface area contributed by atoms with Crippen molar-refractivity contribution in [3.63, 3.8) is 0 Å². The minimum atomic E-state index is 0.982. The van der Waals surface area contributed by atoms with Gasteiger partial charge in [0.1, 0.15) is 0 Å². The van der Waals surface area contributed by atoms with Crippen LogP contribution in [0.5, 0.6) is 0 Å². The highest BCUT2D eigenvalue weighted by molar-refractivity contribution is 6.12. The van der Waals surface area contributed by atoms with Crippen molar-refractivity contribution in [2.45, 2.75) is 27.2 Å². The van der Waals surface area contributed by atoms with Gasteiger partial charge in [0, 0.05) is 0 Å². The lowest BCUT2D eigenvalue weighted by Crippen LogP contribution is -1.88. The topological polar surface area (TPSA) is 0 Å². The van der Waals surface area contributed by atoms with E-state index in [2.05, 4.69) is 85.8 Å². The van der Waals surface area contributed by atoms with E-state index < -0.39 is 0 Å². The summed E-state index contributed by atoms with van der Waals surface area (Å²) in [6.45, 7) is 6.15.